The minimum atomic E-state index is 0.0706. The molecule has 19 nitrogen and oxygen atoms in total. The summed E-state index contributed by atoms with van der Waals surface area (Å²) in [6.07, 6.45) is 6.67. The molecule has 0 bridgehead atoms. The van der Waals surface area contributed by atoms with Gasteiger partial charge in [0, 0.05) is 206 Å². The number of hydrogen-bond donors (Lipinski definition) is 18. The Bertz CT molecular complexity index is 928. The Labute approximate surface area is 539 Å². The Morgan fingerprint density at radius 1 is 0.432 bits per heavy atom. The smallest absolute Gasteiger partial charge is 0.290 e. The Balaban J connectivity index is -0.000000127. The van der Waals surface area contributed by atoms with Crippen molar-refractivity contribution < 1.29 is 4.79 Å². The summed E-state index contributed by atoms with van der Waals surface area (Å²) in [4.78, 5) is 9.77. The molecular weight excluding hydrogens is 1200 g/mol. The Morgan fingerprint density at radius 2 is 0.765 bits per heavy atom. The summed E-state index contributed by atoms with van der Waals surface area (Å²) in [5.41, 5.74) is 37.4. The highest BCUT2D eigenvalue weighted by Gasteiger charge is 2.15. The fourth-order valence-corrected chi connectivity index (χ4v) is 5.46. The Morgan fingerprint density at radius 3 is 1.01 bits per heavy atom. The van der Waals surface area contributed by atoms with Crippen LogP contribution in [0.15, 0.2) is 0 Å². The van der Waals surface area contributed by atoms with Gasteiger partial charge in [-0.2, -0.15) is 0 Å². The Hall–Kier alpha value is 1.33. The van der Waals surface area contributed by atoms with Crippen LogP contribution in [0.1, 0.15) is 101 Å². The summed E-state index contributed by atoms with van der Waals surface area (Å²) in [7, 11) is 1.36. The molecule has 81 heavy (non-hydrogen) atoms. The van der Waals surface area contributed by atoms with Crippen molar-refractivity contribution >= 4 is 106 Å². The van der Waals surface area contributed by atoms with Crippen LogP contribution in [0.2, 0.25) is 0 Å². The van der Waals surface area contributed by atoms with E-state index in [4.69, 9.17) is 133 Å². The van der Waals surface area contributed by atoms with Crippen molar-refractivity contribution in [3.63, 3.8) is 0 Å². The van der Waals surface area contributed by atoms with Crippen molar-refractivity contribution in [2.45, 2.75) is 156 Å². The lowest BCUT2D eigenvalue weighted by Gasteiger charge is -2.27. The molecule has 2 rings (SSSR count). The topological polar surface area (TPSA) is 332 Å². The van der Waals surface area contributed by atoms with Gasteiger partial charge in [-0.25, -0.2) is 0 Å². The van der Waals surface area contributed by atoms with Crippen LogP contribution < -0.4 is 98.5 Å². The lowest BCUT2D eigenvalue weighted by atomic mass is 9.95. The first kappa shape index (κ1) is 98.6. The van der Waals surface area contributed by atoms with E-state index in [0.717, 1.165) is 118 Å². The maximum absolute atomic E-state index is 9.77. The van der Waals surface area contributed by atoms with Gasteiger partial charge >= 0.3 is 0 Å². The predicted octanol–water partition coefficient (Wildman–Crippen LogP) is 2.89. The van der Waals surface area contributed by atoms with Gasteiger partial charge in [0.2, 0.25) is 0 Å². The van der Waals surface area contributed by atoms with Crippen LogP contribution in [0, 0.1) is 5.92 Å². The molecular formula is C53H130BCl8N18O. The van der Waals surface area contributed by atoms with Crippen molar-refractivity contribution in [3.05, 3.63) is 0 Å². The van der Waals surface area contributed by atoms with Gasteiger partial charge in [0.1, 0.15) is 0 Å². The second-order valence-electron chi connectivity index (χ2n) is 19.1. The summed E-state index contributed by atoms with van der Waals surface area (Å²) in [6.45, 7) is 39.7. The van der Waals surface area contributed by atoms with E-state index in [1.54, 1.807) is 0 Å². The van der Waals surface area contributed by atoms with Crippen LogP contribution in [0.4, 0.5) is 0 Å². The first-order valence-corrected chi connectivity index (χ1v) is 33.8. The first-order valence-electron chi connectivity index (χ1n) is 29.5. The summed E-state index contributed by atoms with van der Waals surface area (Å²) in [5, 5.41) is 37.0. The fraction of sp³-hybridized carbons (Fsp3) is 0.981. The van der Waals surface area contributed by atoms with Gasteiger partial charge in [0.05, 0.1) is 6.19 Å². The maximum Gasteiger partial charge on any atom is 0.290 e. The lowest BCUT2D eigenvalue weighted by molar-refractivity contribution is 0.358. The van der Waals surface area contributed by atoms with Crippen molar-refractivity contribution in [1.82, 2.24) is 58.4 Å². The Kier molecular flexibility index (Phi) is 110. The highest BCUT2D eigenvalue weighted by atomic mass is 35.5. The zero-order chi connectivity index (χ0) is 63.6. The molecule has 10 unspecified atom stereocenters. The number of halogens is 8. The number of nitrogens with two attached hydrogens (primary N) is 7. The number of alkyl halides is 8. The van der Waals surface area contributed by atoms with Crippen LogP contribution in [0.5, 0.6) is 0 Å². The monoisotopic (exact) mass is 1330 g/mol. The van der Waals surface area contributed by atoms with Crippen molar-refractivity contribution in [3.8, 4) is 0 Å². The standard InChI is InChI=1S/C12H28N4.C11H27N3.C8H20N4.C7H19N3.C5H12BN2O.4C2H4Cl2.C2H8N2/c1-9-10(2)14-7-8-16-12(4)11(3)15-6-5-13-9;1-8(9(2)12)6-5-7-14-11(4)10(3)13;1-2-10-5-6-12-8-7-11-4-3-9-1;8-4-2-1-3-6-10-7-5-9;1-4(7)5(2)8-6-3-9;5*3-1-2-4/h9-16H,5-8H2,1-4H3;8-11,14H,5-7,12-13H2,1-4H3;9-12H,1-8H2;10H,1-9H2;3-5,8H,7H2,1-2H3;4*1-2H2;1-4H2. The van der Waals surface area contributed by atoms with Crippen molar-refractivity contribution in [2.75, 3.05) is 171 Å². The molecule has 10 atom stereocenters. The highest BCUT2D eigenvalue weighted by Crippen LogP contribution is 2.08. The van der Waals surface area contributed by atoms with Crippen LogP contribution >= 0.6 is 92.8 Å². The van der Waals surface area contributed by atoms with Crippen LogP contribution in [-0.4, -0.2) is 239 Å². The molecule has 2 aliphatic rings. The SMILES string of the molecule is C1CNCCNCCNCCN1.CC(N)C(C)CCCNC(C)C(C)N.CC(N)C(C)N[B]C=O.CC1NCCNC(C)C(C)NCCNC1C.ClCCCl.ClCCCl.ClCCCl.ClCCCl.NCCCCCNCCN.NCCN. The van der Waals surface area contributed by atoms with Gasteiger partial charge in [0.15, 0.2) is 0 Å². The van der Waals surface area contributed by atoms with E-state index in [2.05, 4.69) is 107 Å². The summed E-state index contributed by atoms with van der Waals surface area (Å²) in [6, 6.07) is 3.25. The molecule has 2 fully saturated rings. The number of carbonyl (C=O) groups excluding carboxylic acids is 1. The summed E-state index contributed by atoms with van der Waals surface area (Å²) < 4.78 is 0. The van der Waals surface area contributed by atoms with E-state index in [0.29, 0.717) is 108 Å². The second kappa shape index (κ2) is 90.1. The second-order valence-corrected chi connectivity index (χ2v) is 22.2. The molecule has 0 aromatic heterocycles. The zero-order valence-corrected chi connectivity index (χ0v) is 58.6. The zero-order valence-electron chi connectivity index (χ0n) is 52.5. The number of nitrogens with one attached hydrogen (secondary N) is 11. The number of rotatable bonds is 23. The number of unbranched alkanes of at least 4 members (excludes halogenated alkanes) is 2. The van der Waals surface area contributed by atoms with Crippen molar-refractivity contribution in [2.24, 2.45) is 46.1 Å². The fourth-order valence-electron chi connectivity index (χ4n) is 5.46. The average Bonchev–Trinajstić information content (AvgIpc) is 3.46. The van der Waals surface area contributed by atoms with Gasteiger partial charge in [0.25, 0.3) is 7.41 Å². The summed E-state index contributed by atoms with van der Waals surface area (Å²) >= 11 is 40.4. The molecule has 25 N–H and O–H groups in total. The van der Waals surface area contributed by atoms with Gasteiger partial charge < -0.3 is 103 Å². The van der Waals surface area contributed by atoms with E-state index in [-0.39, 0.29) is 18.1 Å². The third-order valence-electron chi connectivity index (χ3n) is 11.6. The summed E-state index contributed by atoms with van der Waals surface area (Å²) in [5.74, 6) is 5.07. The maximum atomic E-state index is 9.77. The van der Waals surface area contributed by atoms with Gasteiger partial charge in [-0.1, -0.05) is 13.3 Å². The average molecular weight is 1330 g/mol. The molecule has 0 saturated carbocycles. The van der Waals surface area contributed by atoms with E-state index in [9.17, 15) is 4.79 Å². The van der Waals surface area contributed by atoms with E-state index < -0.39 is 0 Å². The molecule has 1 radical (unpaired) electrons. The largest absolute Gasteiger partial charge is 0.350 e. The third-order valence-corrected chi connectivity index (χ3v) is 13.9. The molecule has 0 aromatic carbocycles. The first-order chi connectivity index (χ1) is 38.7. The number of carbonyl (C=O) groups is 1. The highest BCUT2D eigenvalue weighted by molar-refractivity contribution is 6.64. The number of hydrogen-bond acceptors (Lipinski definition) is 19. The minimum absolute atomic E-state index is 0.0706. The van der Waals surface area contributed by atoms with E-state index in [1.165, 1.54) is 33.1 Å². The third kappa shape index (κ3) is 103. The normalized spacial score (nSPS) is 19.8. The van der Waals surface area contributed by atoms with Gasteiger partial charge in [-0.15, -0.1) is 92.8 Å². The van der Waals surface area contributed by atoms with Crippen LogP contribution in [0.25, 0.3) is 0 Å². The van der Waals surface area contributed by atoms with E-state index in [1.807, 2.05) is 20.8 Å². The molecule has 28 heteroatoms. The predicted molar refractivity (Wildman–Crippen MR) is 372 cm³/mol. The van der Waals surface area contributed by atoms with Crippen LogP contribution in [0.3, 0.4) is 0 Å². The minimum Gasteiger partial charge on any atom is -0.350 e. The molecule has 2 heterocycles. The molecule has 0 spiro atoms. The van der Waals surface area contributed by atoms with Crippen LogP contribution in [-0.2, 0) is 4.79 Å². The molecule has 497 valence electrons. The molecule has 2 saturated heterocycles. The molecule has 0 aliphatic carbocycles. The molecule has 0 aromatic rings. The quantitative estimate of drug-likeness (QED) is 0.0303. The van der Waals surface area contributed by atoms with Crippen molar-refractivity contribution in [1.29, 1.82) is 0 Å². The van der Waals surface area contributed by atoms with Gasteiger partial charge in [-0.3, -0.25) is 0 Å². The van der Waals surface area contributed by atoms with E-state index >= 15 is 0 Å². The molecule has 0 amide bonds. The lowest BCUT2D eigenvalue weighted by Crippen LogP contribution is -2.52. The molecule has 2 aliphatic heterocycles. The van der Waals surface area contributed by atoms with Gasteiger partial charge in [-0.05, 0) is 114 Å².